The molecule has 0 aliphatic rings. The van der Waals surface area contributed by atoms with Crippen molar-refractivity contribution in [1.82, 2.24) is 0 Å². The Morgan fingerprint density at radius 1 is 1.44 bits per heavy atom. The van der Waals surface area contributed by atoms with Gasteiger partial charge >= 0.3 is 12.1 Å². The van der Waals surface area contributed by atoms with Gasteiger partial charge in [-0.05, 0) is 40.3 Å². The van der Waals surface area contributed by atoms with Crippen LogP contribution in [0.25, 0.3) is 0 Å². The minimum absolute atomic E-state index is 0.0640. The highest BCUT2D eigenvalue weighted by Crippen LogP contribution is 2.36. The molecule has 0 saturated heterocycles. The van der Waals surface area contributed by atoms with Crippen LogP contribution in [0.4, 0.5) is 13.2 Å². The van der Waals surface area contributed by atoms with Gasteiger partial charge in [0, 0.05) is 8.59 Å². The number of alkyl halides is 3. The lowest BCUT2D eigenvalue weighted by atomic mass is 10.0. The van der Waals surface area contributed by atoms with E-state index in [1.807, 2.05) is 0 Å². The molecule has 0 bridgehead atoms. The molecular formula is C9H5ClF3IO2. The number of aliphatic carboxylic acids is 1. The second-order valence-corrected chi connectivity index (χ2v) is 4.58. The Labute approximate surface area is 108 Å². The second-order valence-electron chi connectivity index (χ2n) is 2.98. The molecule has 1 N–H and O–H groups in total. The average Bonchev–Trinajstić information content (AvgIpc) is 2.06. The molecule has 0 aliphatic heterocycles. The van der Waals surface area contributed by atoms with E-state index in [4.69, 9.17) is 16.7 Å². The van der Waals surface area contributed by atoms with Crippen molar-refractivity contribution in [3.05, 3.63) is 31.9 Å². The zero-order chi connectivity index (χ0) is 12.5. The quantitative estimate of drug-likeness (QED) is 0.815. The molecule has 0 atom stereocenters. The number of benzene rings is 1. The molecule has 0 fully saturated rings. The molecule has 0 aliphatic carbocycles. The average molecular weight is 364 g/mol. The minimum Gasteiger partial charge on any atom is -0.481 e. The molecule has 0 radical (unpaired) electrons. The normalized spacial score (nSPS) is 11.6. The van der Waals surface area contributed by atoms with Gasteiger partial charge in [0.1, 0.15) is 0 Å². The van der Waals surface area contributed by atoms with Crippen LogP contribution in [-0.4, -0.2) is 11.1 Å². The van der Waals surface area contributed by atoms with E-state index in [0.717, 1.165) is 6.07 Å². The van der Waals surface area contributed by atoms with Gasteiger partial charge in [0.2, 0.25) is 0 Å². The van der Waals surface area contributed by atoms with Gasteiger partial charge in [0.25, 0.3) is 0 Å². The molecule has 1 rings (SSSR count). The Balaban J connectivity index is 3.38. The number of carbonyl (C=O) groups is 1. The zero-order valence-corrected chi connectivity index (χ0v) is 10.5. The van der Waals surface area contributed by atoms with Crippen molar-refractivity contribution in [3.63, 3.8) is 0 Å². The van der Waals surface area contributed by atoms with Gasteiger partial charge in [0.05, 0.1) is 12.0 Å². The summed E-state index contributed by atoms with van der Waals surface area (Å²) in [6.07, 6.45) is -5.28. The van der Waals surface area contributed by atoms with E-state index in [-0.39, 0.29) is 14.2 Å². The van der Waals surface area contributed by atoms with Crippen LogP contribution >= 0.6 is 34.2 Å². The molecule has 0 aromatic heterocycles. The summed E-state index contributed by atoms with van der Waals surface area (Å²) in [5.74, 6) is -1.31. The lowest BCUT2D eigenvalue weighted by molar-refractivity contribution is -0.139. The summed E-state index contributed by atoms with van der Waals surface area (Å²) in [5.41, 5.74) is -1.25. The maximum absolute atomic E-state index is 12.6. The largest absolute Gasteiger partial charge is 0.481 e. The predicted molar refractivity (Wildman–Crippen MR) is 60.5 cm³/mol. The van der Waals surface area contributed by atoms with Crippen LogP contribution in [0.5, 0.6) is 0 Å². The first-order valence-corrected chi connectivity index (χ1v) is 5.44. The van der Waals surface area contributed by atoms with Gasteiger partial charge in [-0.1, -0.05) is 11.6 Å². The Morgan fingerprint density at radius 2 is 2.00 bits per heavy atom. The Hall–Kier alpha value is -0.500. The topological polar surface area (TPSA) is 37.3 Å². The summed E-state index contributed by atoms with van der Waals surface area (Å²) in [4.78, 5) is 10.5. The predicted octanol–water partition coefficient (Wildman–Crippen LogP) is 3.59. The monoisotopic (exact) mass is 364 g/mol. The van der Waals surface area contributed by atoms with E-state index < -0.39 is 24.1 Å². The smallest absolute Gasteiger partial charge is 0.416 e. The van der Waals surface area contributed by atoms with Gasteiger partial charge in [-0.15, -0.1) is 0 Å². The van der Waals surface area contributed by atoms with E-state index >= 15 is 0 Å². The van der Waals surface area contributed by atoms with Crippen molar-refractivity contribution in [2.75, 3.05) is 0 Å². The van der Waals surface area contributed by atoms with Gasteiger partial charge in [0.15, 0.2) is 0 Å². The van der Waals surface area contributed by atoms with E-state index in [1.165, 1.54) is 6.07 Å². The van der Waals surface area contributed by atoms with E-state index in [0.29, 0.717) is 0 Å². The highest BCUT2D eigenvalue weighted by atomic mass is 127. The summed E-state index contributed by atoms with van der Waals surface area (Å²) in [7, 11) is 0. The molecule has 7 heteroatoms. The standard InChI is InChI=1S/C9H5ClF3IO2/c10-4-1-6(9(11,12)13)5(3-8(15)16)7(14)2-4/h1-2H,3H2,(H,15,16). The minimum atomic E-state index is -4.60. The van der Waals surface area contributed by atoms with Crippen LogP contribution in [0, 0.1) is 3.57 Å². The molecule has 16 heavy (non-hydrogen) atoms. The molecule has 0 amide bonds. The third-order valence-corrected chi connectivity index (χ3v) is 2.97. The molecule has 0 spiro atoms. The van der Waals surface area contributed by atoms with Crippen molar-refractivity contribution in [1.29, 1.82) is 0 Å². The fourth-order valence-electron chi connectivity index (χ4n) is 1.19. The molecular weight excluding hydrogens is 359 g/mol. The van der Waals surface area contributed by atoms with Gasteiger partial charge in [-0.25, -0.2) is 0 Å². The van der Waals surface area contributed by atoms with Crippen molar-refractivity contribution >= 4 is 40.2 Å². The molecule has 1 aromatic carbocycles. The number of hydrogen-bond acceptors (Lipinski definition) is 1. The summed E-state index contributed by atoms with van der Waals surface area (Å²) in [6.45, 7) is 0. The van der Waals surface area contributed by atoms with Crippen molar-refractivity contribution in [2.24, 2.45) is 0 Å². The number of halogens is 5. The highest BCUT2D eigenvalue weighted by Gasteiger charge is 2.35. The summed E-state index contributed by atoms with van der Waals surface area (Å²) in [6, 6.07) is 2.04. The van der Waals surface area contributed by atoms with Gasteiger partial charge in [-0.3, -0.25) is 4.79 Å². The lowest BCUT2D eigenvalue weighted by Gasteiger charge is -2.13. The summed E-state index contributed by atoms with van der Waals surface area (Å²) < 4.78 is 38.0. The molecule has 2 nitrogen and oxygen atoms in total. The van der Waals surface area contributed by atoms with Gasteiger partial charge < -0.3 is 5.11 Å². The maximum Gasteiger partial charge on any atom is 0.416 e. The van der Waals surface area contributed by atoms with Crippen LogP contribution in [0.2, 0.25) is 5.02 Å². The van der Waals surface area contributed by atoms with E-state index in [2.05, 4.69) is 0 Å². The molecule has 88 valence electrons. The van der Waals surface area contributed by atoms with E-state index in [1.54, 1.807) is 22.6 Å². The SMILES string of the molecule is O=C(O)Cc1c(I)cc(Cl)cc1C(F)(F)F. The van der Waals surface area contributed by atoms with Crippen LogP contribution < -0.4 is 0 Å². The third-order valence-electron chi connectivity index (χ3n) is 1.79. The molecule has 0 heterocycles. The second kappa shape index (κ2) is 4.79. The maximum atomic E-state index is 12.6. The van der Waals surface area contributed by atoms with Crippen molar-refractivity contribution < 1.29 is 23.1 Å². The number of carboxylic acid groups (broad SMARTS) is 1. The Kier molecular flexibility index (Phi) is 4.06. The number of carboxylic acids is 1. The van der Waals surface area contributed by atoms with Crippen LogP contribution in [0.3, 0.4) is 0 Å². The first-order chi connectivity index (χ1) is 7.21. The fraction of sp³-hybridized carbons (Fsp3) is 0.222. The van der Waals surface area contributed by atoms with Crippen LogP contribution in [-0.2, 0) is 17.4 Å². The Morgan fingerprint density at radius 3 is 2.44 bits per heavy atom. The number of hydrogen-bond donors (Lipinski definition) is 1. The summed E-state index contributed by atoms with van der Waals surface area (Å²) >= 11 is 7.15. The molecule has 0 unspecified atom stereocenters. The lowest BCUT2D eigenvalue weighted by Crippen LogP contribution is -2.13. The molecule has 1 aromatic rings. The summed E-state index contributed by atoms with van der Waals surface area (Å²) in [5, 5.41) is 8.48. The number of rotatable bonds is 2. The third kappa shape index (κ3) is 3.24. The van der Waals surface area contributed by atoms with Crippen LogP contribution in [0.15, 0.2) is 12.1 Å². The first kappa shape index (κ1) is 13.6. The van der Waals surface area contributed by atoms with Crippen molar-refractivity contribution in [3.8, 4) is 0 Å². The molecule has 0 saturated carbocycles. The Bertz CT molecular complexity index is 431. The highest BCUT2D eigenvalue weighted by molar-refractivity contribution is 14.1. The van der Waals surface area contributed by atoms with Crippen molar-refractivity contribution in [2.45, 2.75) is 12.6 Å². The fourth-order valence-corrected chi connectivity index (χ4v) is 2.41. The van der Waals surface area contributed by atoms with Gasteiger partial charge in [-0.2, -0.15) is 13.2 Å². The first-order valence-electron chi connectivity index (χ1n) is 3.98. The van der Waals surface area contributed by atoms with Crippen LogP contribution in [0.1, 0.15) is 11.1 Å². The van der Waals surface area contributed by atoms with E-state index in [9.17, 15) is 18.0 Å². The zero-order valence-electron chi connectivity index (χ0n) is 7.61.